The lowest BCUT2D eigenvalue weighted by Crippen LogP contribution is -2.53. The SMILES string of the molecule is CC(C)C[C@@H]([C]=O)NC(=O)N(Cc1ccc(OC(F)(F)F)cc1)CC(O)C(Cc1ccccc1)NC(=O)OCc1ccccc1. The zero-order valence-electron chi connectivity index (χ0n) is 25.0. The van der Waals surface area contributed by atoms with E-state index in [-0.39, 0.29) is 32.0 Å². The molecule has 0 aliphatic heterocycles. The number of aliphatic hydroxyl groups excluding tert-OH is 1. The van der Waals surface area contributed by atoms with Gasteiger partial charge in [0.1, 0.15) is 12.4 Å². The van der Waals surface area contributed by atoms with Crippen LogP contribution >= 0.6 is 0 Å². The summed E-state index contributed by atoms with van der Waals surface area (Å²) in [5.41, 5.74) is 2.00. The lowest BCUT2D eigenvalue weighted by Gasteiger charge is -2.31. The number of nitrogens with one attached hydrogen (secondary N) is 2. The molecule has 3 N–H and O–H groups in total. The third-order valence-corrected chi connectivity index (χ3v) is 6.65. The van der Waals surface area contributed by atoms with Crippen LogP contribution in [0.5, 0.6) is 5.75 Å². The van der Waals surface area contributed by atoms with Crippen molar-refractivity contribution in [3.63, 3.8) is 0 Å². The van der Waals surface area contributed by atoms with Gasteiger partial charge in [-0.25, -0.2) is 9.59 Å². The second kappa shape index (κ2) is 17.0. The molecule has 45 heavy (non-hydrogen) atoms. The Bertz CT molecular complexity index is 1340. The molecule has 0 bridgehead atoms. The first kappa shape index (κ1) is 34.9. The normalized spacial score (nSPS) is 13.3. The Morgan fingerprint density at radius 3 is 2.04 bits per heavy atom. The molecule has 3 atom stereocenters. The predicted octanol–water partition coefficient (Wildman–Crippen LogP) is 5.52. The minimum absolute atomic E-state index is 0.00282. The summed E-state index contributed by atoms with van der Waals surface area (Å²) in [6.07, 6.45) is -4.64. The molecule has 3 rings (SSSR count). The molecule has 0 aliphatic carbocycles. The lowest BCUT2D eigenvalue weighted by atomic mass is 10.0. The van der Waals surface area contributed by atoms with Crippen LogP contribution < -0.4 is 15.4 Å². The zero-order chi connectivity index (χ0) is 32.8. The van der Waals surface area contributed by atoms with Gasteiger partial charge in [-0.1, -0.05) is 86.6 Å². The van der Waals surface area contributed by atoms with Gasteiger partial charge in [-0.15, -0.1) is 13.2 Å². The number of aliphatic hydroxyl groups is 1. The average Bonchev–Trinajstić information content (AvgIpc) is 3.00. The summed E-state index contributed by atoms with van der Waals surface area (Å²) in [4.78, 5) is 38.9. The molecule has 0 aliphatic rings. The number of amides is 3. The summed E-state index contributed by atoms with van der Waals surface area (Å²) in [5.74, 6) is -0.366. The quantitative estimate of drug-likeness (QED) is 0.204. The molecule has 241 valence electrons. The smallest absolute Gasteiger partial charge is 0.445 e. The minimum Gasteiger partial charge on any atom is -0.445 e. The highest BCUT2D eigenvalue weighted by Gasteiger charge is 2.31. The van der Waals surface area contributed by atoms with Crippen molar-refractivity contribution in [2.24, 2.45) is 5.92 Å². The number of hydrogen-bond acceptors (Lipinski definition) is 6. The number of carbonyl (C=O) groups excluding carboxylic acids is 3. The van der Waals surface area contributed by atoms with E-state index in [1.165, 1.54) is 17.0 Å². The lowest BCUT2D eigenvalue weighted by molar-refractivity contribution is -0.274. The second-order valence-electron chi connectivity index (χ2n) is 10.9. The highest BCUT2D eigenvalue weighted by molar-refractivity contribution is 5.78. The van der Waals surface area contributed by atoms with Crippen LogP contribution in [0.1, 0.15) is 37.0 Å². The van der Waals surface area contributed by atoms with E-state index in [0.29, 0.717) is 12.0 Å². The summed E-state index contributed by atoms with van der Waals surface area (Å²) in [7, 11) is 0. The molecule has 0 aromatic heterocycles. The van der Waals surface area contributed by atoms with Gasteiger partial charge in [0.2, 0.25) is 6.29 Å². The number of nitrogens with zero attached hydrogens (tertiary/aromatic N) is 1. The van der Waals surface area contributed by atoms with Crippen molar-refractivity contribution < 1.29 is 42.1 Å². The molecule has 2 unspecified atom stereocenters. The summed E-state index contributed by atoms with van der Waals surface area (Å²) >= 11 is 0. The molecule has 0 heterocycles. The number of alkyl halides is 3. The Labute approximate surface area is 260 Å². The topological polar surface area (TPSA) is 117 Å². The largest absolute Gasteiger partial charge is 0.573 e. The highest BCUT2D eigenvalue weighted by atomic mass is 19.4. The number of rotatable bonds is 15. The Morgan fingerprint density at radius 1 is 0.889 bits per heavy atom. The van der Waals surface area contributed by atoms with Crippen LogP contribution in [-0.2, 0) is 29.1 Å². The molecule has 0 spiro atoms. The van der Waals surface area contributed by atoms with Crippen molar-refractivity contribution >= 4 is 18.4 Å². The molecule has 0 fully saturated rings. The third kappa shape index (κ3) is 12.9. The molecule has 12 heteroatoms. The van der Waals surface area contributed by atoms with Crippen LogP contribution in [0.15, 0.2) is 84.9 Å². The predicted molar refractivity (Wildman–Crippen MR) is 161 cm³/mol. The average molecular weight is 629 g/mol. The molecule has 1 radical (unpaired) electrons. The van der Waals surface area contributed by atoms with Crippen molar-refractivity contribution in [3.8, 4) is 5.75 Å². The molecule has 0 saturated carbocycles. The van der Waals surface area contributed by atoms with Crippen LogP contribution in [-0.4, -0.2) is 59.5 Å². The monoisotopic (exact) mass is 628 g/mol. The Kier molecular flexibility index (Phi) is 13.2. The van der Waals surface area contributed by atoms with E-state index in [2.05, 4.69) is 15.4 Å². The van der Waals surface area contributed by atoms with Crippen LogP contribution in [0.4, 0.5) is 22.8 Å². The minimum atomic E-state index is -4.86. The van der Waals surface area contributed by atoms with Crippen LogP contribution in [0.3, 0.4) is 0 Å². The van der Waals surface area contributed by atoms with E-state index in [1.807, 2.05) is 62.4 Å². The number of halogens is 3. The van der Waals surface area contributed by atoms with Crippen molar-refractivity contribution in [1.29, 1.82) is 0 Å². The maximum atomic E-state index is 13.4. The first-order valence-corrected chi connectivity index (χ1v) is 14.4. The first-order chi connectivity index (χ1) is 21.4. The fourth-order valence-electron chi connectivity index (χ4n) is 4.50. The summed E-state index contributed by atoms with van der Waals surface area (Å²) in [6.45, 7) is 3.30. The number of carbonyl (C=O) groups is 2. The van der Waals surface area contributed by atoms with E-state index >= 15 is 0 Å². The Morgan fingerprint density at radius 2 is 1.49 bits per heavy atom. The van der Waals surface area contributed by atoms with E-state index in [9.17, 15) is 32.7 Å². The van der Waals surface area contributed by atoms with Gasteiger partial charge in [-0.2, -0.15) is 0 Å². The van der Waals surface area contributed by atoms with Crippen molar-refractivity contribution in [1.82, 2.24) is 15.5 Å². The molecule has 3 aromatic rings. The van der Waals surface area contributed by atoms with Gasteiger partial charge in [-0.05, 0) is 47.6 Å². The van der Waals surface area contributed by atoms with E-state index in [4.69, 9.17) is 4.74 Å². The van der Waals surface area contributed by atoms with E-state index in [1.54, 1.807) is 18.4 Å². The van der Waals surface area contributed by atoms with Crippen LogP contribution in [0.2, 0.25) is 0 Å². The summed E-state index contributed by atoms with van der Waals surface area (Å²) < 4.78 is 47.1. The third-order valence-electron chi connectivity index (χ3n) is 6.65. The first-order valence-electron chi connectivity index (χ1n) is 14.4. The molecule has 9 nitrogen and oxygen atoms in total. The standard InChI is InChI=1S/C33H37F3N3O6/c1-23(2)17-27(21-40)37-31(42)39(19-25-13-15-28(16-14-25)45-33(34,35)36)20-30(41)29(18-24-9-5-3-6-10-24)38-32(43)44-22-26-11-7-4-8-12-26/h3-16,23,27,29-30,41H,17-20,22H2,1-2H3,(H,37,42)(H,38,43)/t27-,29?,30?/m0/s1. The van der Waals surface area contributed by atoms with Crippen molar-refractivity contribution in [3.05, 3.63) is 102 Å². The van der Waals surface area contributed by atoms with Gasteiger partial charge in [-0.3, -0.25) is 4.79 Å². The van der Waals surface area contributed by atoms with Gasteiger partial charge in [0.15, 0.2) is 0 Å². The highest BCUT2D eigenvalue weighted by Crippen LogP contribution is 2.23. The number of hydrogen-bond donors (Lipinski definition) is 3. The fraction of sp³-hybridized carbons (Fsp3) is 0.364. The van der Waals surface area contributed by atoms with Gasteiger partial charge in [0, 0.05) is 6.54 Å². The number of alkyl carbamates (subject to hydrolysis) is 1. The molecule has 0 saturated heterocycles. The van der Waals surface area contributed by atoms with E-state index in [0.717, 1.165) is 23.3 Å². The Balaban J connectivity index is 1.80. The second-order valence-corrected chi connectivity index (χ2v) is 10.9. The van der Waals surface area contributed by atoms with Crippen LogP contribution in [0.25, 0.3) is 0 Å². The van der Waals surface area contributed by atoms with Gasteiger partial charge in [0.25, 0.3) is 0 Å². The number of ether oxygens (including phenoxy) is 2. The zero-order valence-corrected chi connectivity index (χ0v) is 25.0. The fourth-order valence-corrected chi connectivity index (χ4v) is 4.50. The van der Waals surface area contributed by atoms with Gasteiger partial charge in [0.05, 0.1) is 24.7 Å². The summed E-state index contributed by atoms with van der Waals surface area (Å²) in [6, 6.07) is 20.5. The van der Waals surface area contributed by atoms with Gasteiger partial charge < -0.3 is 30.1 Å². The molecule has 3 amide bonds. The number of urea groups is 1. The number of benzene rings is 3. The molecule has 3 aromatic carbocycles. The van der Waals surface area contributed by atoms with Crippen LogP contribution in [0, 0.1) is 5.92 Å². The van der Waals surface area contributed by atoms with E-state index < -0.39 is 42.4 Å². The maximum absolute atomic E-state index is 13.4. The summed E-state index contributed by atoms with van der Waals surface area (Å²) in [5, 5.41) is 16.7. The van der Waals surface area contributed by atoms with Crippen molar-refractivity contribution in [2.75, 3.05) is 6.54 Å². The maximum Gasteiger partial charge on any atom is 0.573 e. The van der Waals surface area contributed by atoms with Gasteiger partial charge >= 0.3 is 18.5 Å². The molecular weight excluding hydrogens is 591 g/mol. The Hall–Kier alpha value is -4.58. The molecular formula is C33H37F3N3O6. The van der Waals surface area contributed by atoms with Crippen molar-refractivity contribution in [2.45, 2.75) is 64.4 Å².